The standard InChI is InChI=1S/C16H23N3O/c1-4-5-8-11-17-16(20)12(2)19-13(3)18-14-9-6-7-10-15(14)19/h6-7,9-10,12H,4-5,8,11H2,1-3H3,(H,17,20). The molecular formula is C16H23N3O. The van der Waals surface area contributed by atoms with Gasteiger partial charge in [0, 0.05) is 6.54 Å². The van der Waals surface area contributed by atoms with Gasteiger partial charge in [0.2, 0.25) is 5.91 Å². The van der Waals surface area contributed by atoms with Crippen LogP contribution in [0.25, 0.3) is 11.0 Å². The van der Waals surface area contributed by atoms with Gasteiger partial charge in [0.1, 0.15) is 11.9 Å². The largest absolute Gasteiger partial charge is 0.354 e. The first kappa shape index (κ1) is 14.6. The number of benzene rings is 1. The van der Waals surface area contributed by atoms with Gasteiger partial charge in [0.05, 0.1) is 11.0 Å². The molecule has 0 spiro atoms. The number of rotatable bonds is 6. The smallest absolute Gasteiger partial charge is 0.242 e. The molecule has 1 aromatic carbocycles. The van der Waals surface area contributed by atoms with Crippen molar-refractivity contribution in [2.45, 2.75) is 46.1 Å². The van der Waals surface area contributed by atoms with Crippen molar-refractivity contribution in [3.8, 4) is 0 Å². The van der Waals surface area contributed by atoms with E-state index in [0.717, 1.165) is 42.7 Å². The average Bonchev–Trinajstić information content (AvgIpc) is 2.78. The van der Waals surface area contributed by atoms with Crippen LogP contribution in [0.15, 0.2) is 24.3 Å². The summed E-state index contributed by atoms with van der Waals surface area (Å²) in [7, 11) is 0. The minimum atomic E-state index is -0.232. The summed E-state index contributed by atoms with van der Waals surface area (Å²) in [6.45, 7) is 6.78. The Morgan fingerprint density at radius 2 is 2.10 bits per heavy atom. The molecule has 1 heterocycles. The lowest BCUT2D eigenvalue weighted by Crippen LogP contribution is -2.32. The molecule has 4 nitrogen and oxygen atoms in total. The molecule has 0 fully saturated rings. The number of amides is 1. The van der Waals surface area contributed by atoms with Crippen molar-refractivity contribution in [2.24, 2.45) is 0 Å². The van der Waals surface area contributed by atoms with E-state index in [0.29, 0.717) is 0 Å². The van der Waals surface area contributed by atoms with E-state index in [2.05, 4.69) is 17.2 Å². The van der Waals surface area contributed by atoms with Crippen molar-refractivity contribution < 1.29 is 4.79 Å². The van der Waals surface area contributed by atoms with Crippen LogP contribution in [0.5, 0.6) is 0 Å². The lowest BCUT2D eigenvalue weighted by atomic mass is 10.2. The summed E-state index contributed by atoms with van der Waals surface area (Å²) in [5, 5.41) is 3.01. The zero-order valence-corrected chi connectivity index (χ0v) is 12.5. The Bertz CT molecular complexity index is 588. The van der Waals surface area contributed by atoms with Gasteiger partial charge in [-0.15, -0.1) is 0 Å². The van der Waals surface area contributed by atoms with Crippen molar-refractivity contribution >= 4 is 16.9 Å². The van der Waals surface area contributed by atoms with E-state index >= 15 is 0 Å². The number of aromatic nitrogens is 2. The summed E-state index contributed by atoms with van der Waals surface area (Å²) in [5.41, 5.74) is 1.96. The molecule has 1 atom stereocenters. The molecule has 0 aliphatic heterocycles. The second kappa shape index (κ2) is 6.55. The molecule has 0 aliphatic rings. The second-order valence-electron chi connectivity index (χ2n) is 5.19. The highest BCUT2D eigenvalue weighted by Crippen LogP contribution is 2.20. The van der Waals surface area contributed by atoms with Gasteiger partial charge in [0.15, 0.2) is 0 Å². The van der Waals surface area contributed by atoms with Crippen LogP contribution in [-0.2, 0) is 4.79 Å². The number of hydrogen-bond acceptors (Lipinski definition) is 2. The molecule has 1 N–H and O–H groups in total. The molecule has 0 bridgehead atoms. The number of unbranched alkanes of at least 4 members (excludes halogenated alkanes) is 2. The third-order valence-corrected chi connectivity index (χ3v) is 3.62. The van der Waals surface area contributed by atoms with Gasteiger partial charge in [-0.2, -0.15) is 0 Å². The molecule has 0 aliphatic carbocycles. The lowest BCUT2D eigenvalue weighted by Gasteiger charge is -2.16. The number of imidazole rings is 1. The van der Waals surface area contributed by atoms with Crippen LogP contribution in [-0.4, -0.2) is 22.0 Å². The van der Waals surface area contributed by atoms with Crippen molar-refractivity contribution in [3.05, 3.63) is 30.1 Å². The lowest BCUT2D eigenvalue weighted by molar-refractivity contribution is -0.123. The van der Waals surface area contributed by atoms with Crippen molar-refractivity contribution in [3.63, 3.8) is 0 Å². The Hall–Kier alpha value is -1.84. The maximum atomic E-state index is 12.2. The first-order chi connectivity index (χ1) is 9.65. The molecular weight excluding hydrogens is 250 g/mol. The van der Waals surface area contributed by atoms with Crippen LogP contribution >= 0.6 is 0 Å². The number of aryl methyl sites for hydroxylation is 1. The zero-order chi connectivity index (χ0) is 14.5. The number of nitrogens with one attached hydrogen (secondary N) is 1. The number of hydrogen-bond donors (Lipinski definition) is 1. The third-order valence-electron chi connectivity index (χ3n) is 3.62. The van der Waals surface area contributed by atoms with E-state index < -0.39 is 0 Å². The fraction of sp³-hybridized carbons (Fsp3) is 0.500. The van der Waals surface area contributed by atoms with Gasteiger partial charge < -0.3 is 9.88 Å². The maximum absolute atomic E-state index is 12.2. The van der Waals surface area contributed by atoms with E-state index in [1.807, 2.05) is 42.7 Å². The Morgan fingerprint density at radius 1 is 1.35 bits per heavy atom. The number of para-hydroxylation sites is 2. The van der Waals surface area contributed by atoms with E-state index in [4.69, 9.17) is 0 Å². The minimum absolute atomic E-state index is 0.0624. The number of carbonyl (C=O) groups is 1. The maximum Gasteiger partial charge on any atom is 0.242 e. The van der Waals surface area contributed by atoms with Gasteiger partial charge >= 0.3 is 0 Å². The second-order valence-corrected chi connectivity index (χ2v) is 5.19. The highest BCUT2D eigenvalue weighted by atomic mass is 16.2. The fourth-order valence-corrected chi connectivity index (χ4v) is 2.51. The topological polar surface area (TPSA) is 46.9 Å². The van der Waals surface area contributed by atoms with Gasteiger partial charge in [-0.1, -0.05) is 31.9 Å². The molecule has 108 valence electrons. The molecule has 1 amide bonds. The number of fused-ring (bicyclic) bond motifs is 1. The fourth-order valence-electron chi connectivity index (χ4n) is 2.51. The summed E-state index contributed by atoms with van der Waals surface area (Å²) in [5.74, 6) is 0.940. The summed E-state index contributed by atoms with van der Waals surface area (Å²) < 4.78 is 2.00. The Kier molecular flexibility index (Phi) is 4.77. The van der Waals surface area contributed by atoms with Crippen LogP contribution in [0.3, 0.4) is 0 Å². The quantitative estimate of drug-likeness (QED) is 0.821. The minimum Gasteiger partial charge on any atom is -0.354 e. The molecule has 2 rings (SSSR count). The monoisotopic (exact) mass is 273 g/mol. The van der Waals surface area contributed by atoms with Crippen LogP contribution in [0.1, 0.15) is 45.0 Å². The normalized spacial score (nSPS) is 12.6. The Balaban J connectivity index is 2.12. The van der Waals surface area contributed by atoms with Gasteiger partial charge in [-0.25, -0.2) is 4.98 Å². The van der Waals surface area contributed by atoms with Crippen LogP contribution in [0, 0.1) is 6.92 Å². The van der Waals surface area contributed by atoms with Gasteiger partial charge in [0.25, 0.3) is 0 Å². The van der Waals surface area contributed by atoms with Crippen LogP contribution < -0.4 is 5.32 Å². The summed E-state index contributed by atoms with van der Waals surface area (Å²) in [6, 6.07) is 7.70. The predicted octanol–water partition coefficient (Wildman–Crippen LogP) is 3.21. The number of carbonyl (C=O) groups excluding carboxylic acids is 1. The summed E-state index contributed by atoms with van der Waals surface area (Å²) in [4.78, 5) is 16.8. The molecule has 20 heavy (non-hydrogen) atoms. The molecule has 1 unspecified atom stereocenters. The molecule has 2 aromatic rings. The highest BCUT2D eigenvalue weighted by Gasteiger charge is 2.19. The van der Waals surface area contributed by atoms with E-state index in [1.165, 1.54) is 0 Å². The summed E-state index contributed by atoms with van der Waals surface area (Å²) in [6.07, 6.45) is 3.36. The first-order valence-electron chi connectivity index (χ1n) is 7.36. The first-order valence-corrected chi connectivity index (χ1v) is 7.36. The van der Waals surface area contributed by atoms with Crippen molar-refractivity contribution in [1.29, 1.82) is 0 Å². The molecule has 0 radical (unpaired) electrons. The Morgan fingerprint density at radius 3 is 2.85 bits per heavy atom. The van der Waals surface area contributed by atoms with Crippen LogP contribution in [0.2, 0.25) is 0 Å². The molecule has 1 aromatic heterocycles. The average molecular weight is 273 g/mol. The number of nitrogens with zero attached hydrogens (tertiary/aromatic N) is 2. The van der Waals surface area contributed by atoms with E-state index in [1.54, 1.807) is 0 Å². The molecule has 0 saturated heterocycles. The predicted molar refractivity (Wildman–Crippen MR) is 81.7 cm³/mol. The molecule has 4 heteroatoms. The van der Waals surface area contributed by atoms with E-state index in [9.17, 15) is 4.79 Å². The van der Waals surface area contributed by atoms with Crippen molar-refractivity contribution in [2.75, 3.05) is 6.54 Å². The van der Waals surface area contributed by atoms with Crippen molar-refractivity contribution in [1.82, 2.24) is 14.9 Å². The van der Waals surface area contributed by atoms with Crippen LogP contribution in [0.4, 0.5) is 0 Å². The van der Waals surface area contributed by atoms with E-state index in [-0.39, 0.29) is 11.9 Å². The zero-order valence-electron chi connectivity index (χ0n) is 12.5. The summed E-state index contributed by atoms with van der Waals surface area (Å²) >= 11 is 0. The molecule has 0 saturated carbocycles. The highest BCUT2D eigenvalue weighted by molar-refractivity contribution is 5.84. The SMILES string of the molecule is CCCCCNC(=O)C(C)n1c(C)nc2ccccc21. The Labute approximate surface area is 120 Å². The third kappa shape index (κ3) is 3.00. The van der Waals surface area contributed by atoms with Gasteiger partial charge in [-0.05, 0) is 32.4 Å². The van der Waals surface area contributed by atoms with Gasteiger partial charge in [-0.3, -0.25) is 4.79 Å².